The third-order valence-corrected chi connectivity index (χ3v) is 1.78. The van der Waals surface area contributed by atoms with Gasteiger partial charge in [-0.05, 0) is 25.7 Å². The molecule has 2 atom stereocenters. The standard InChI is InChI=1S/C9H18O/c1-7(2)5-8(3)9(4)6-10/h5,8-10H,6H2,1-4H3/t8-,9+/m0/s1. The maximum atomic E-state index is 8.79. The van der Waals surface area contributed by atoms with E-state index < -0.39 is 0 Å². The van der Waals surface area contributed by atoms with E-state index in [1.807, 2.05) is 0 Å². The van der Waals surface area contributed by atoms with Crippen molar-refractivity contribution >= 4 is 0 Å². The van der Waals surface area contributed by atoms with Crippen LogP contribution in [-0.4, -0.2) is 11.7 Å². The molecule has 60 valence electrons. The summed E-state index contributed by atoms with van der Waals surface area (Å²) < 4.78 is 0. The summed E-state index contributed by atoms with van der Waals surface area (Å²) in [6, 6.07) is 0. The third kappa shape index (κ3) is 3.67. The van der Waals surface area contributed by atoms with Crippen molar-refractivity contribution in [1.82, 2.24) is 0 Å². The highest BCUT2D eigenvalue weighted by Gasteiger charge is 2.06. The van der Waals surface area contributed by atoms with E-state index >= 15 is 0 Å². The van der Waals surface area contributed by atoms with E-state index in [1.165, 1.54) is 5.57 Å². The fourth-order valence-electron chi connectivity index (χ4n) is 0.856. The smallest absolute Gasteiger partial charge is 0.0462 e. The lowest BCUT2D eigenvalue weighted by molar-refractivity contribution is 0.212. The molecule has 0 radical (unpaired) electrons. The first-order chi connectivity index (χ1) is 4.57. The zero-order valence-electron chi connectivity index (χ0n) is 7.39. The molecule has 0 aliphatic rings. The minimum absolute atomic E-state index is 0.283. The predicted octanol–water partition coefficient (Wildman–Crippen LogP) is 2.22. The minimum atomic E-state index is 0.283. The van der Waals surface area contributed by atoms with Crippen LogP contribution < -0.4 is 0 Å². The van der Waals surface area contributed by atoms with Gasteiger partial charge in [0, 0.05) is 6.61 Å². The van der Waals surface area contributed by atoms with Crippen LogP contribution in [0.4, 0.5) is 0 Å². The lowest BCUT2D eigenvalue weighted by atomic mass is 9.95. The minimum Gasteiger partial charge on any atom is -0.396 e. The van der Waals surface area contributed by atoms with Crippen LogP contribution in [0.1, 0.15) is 27.7 Å². The molecule has 0 unspecified atom stereocenters. The van der Waals surface area contributed by atoms with Crippen LogP contribution in [0.3, 0.4) is 0 Å². The van der Waals surface area contributed by atoms with Gasteiger partial charge >= 0.3 is 0 Å². The molecule has 0 bridgehead atoms. The Labute approximate surface area is 63.8 Å². The zero-order chi connectivity index (χ0) is 8.15. The van der Waals surface area contributed by atoms with E-state index in [2.05, 4.69) is 33.8 Å². The summed E-state index contributed by atoms with van der Waals surface area (Å²) in [6.07, 6.45) is 2.20. The van der Waals surface area contributed by atoms with Crippen LogP contribution in [-0.2, 0) is 0 Å². The Hall–Kier alpha value is -0.300. The predicted molar refractivity (Wildman–Crippen MR) is 44.8 cm³/mol. The van der Waals surface area contributed by atoms with Crippen molar-refractivity contribution in [1.29, 1.82) is 0 Å². The van der Waals surface area contributed by atoms with Gasteiger partial charge in [0.15, 0.2) is 0 Å². The maximum Gasteiger partial charge on any atom is 0.0462 e. The van der Waals surface area contributed by atoms with Gasteiger partial charge < -0.3 is 5.11 Å². The molecule has 1 heteroatoms. The molecule has 0 aliphatic heterocycles. The van der Waals surface area contributed by atoms with Crippen molar-refractivity contribution in [2.75, 3.05) is 6.61 Å². The number of allylic oxidation sites excluding steroid dienone is 2. The van der Waals surface area contributed by atoms with Gasteiger partial charge in [0.1, 0.15) is 0 Å². The number of aliphatic hydroxyl groups excluding tert-OH is 1. The maximum absolute atomic E-state index is 8.79. The molecule has 0 aromatic rings. The molecule has 0 aromatic heterocycles. The first-order valence-corrected chi connectivity index (χ1v) is 3.83. The lowest BCUT2D eigenvalue weighted by Crippen LogP contribution is -2.09. The monoisotopic (exact) mass is 142 g/mol. The van der Waals surface area contributed by atoms with Gasteiger partial charge in [-0.3, -0.25) is 0 Å². The molecule has 0 amide bonds. The highest BCUT2D eigenvalue weighted by molar-refractivity contribution is 4.97. The van der Waals surface area contributed by atoms with Gasteiger partial charge in [-0.2, -0.15) is 0 Å². The Kier molecular flexibility index (Phi) is 4.37. The van der Waals surface area contributed by atoms with E-state index in [4.69, 9.17) is 5.11 Å². The molecule has 0 aromatic carbocycles. The average Bonchev–Trinajstić information content (AvgIpc) is 1.85. The summed E-state index contributed by atoms with van der Waals surface area (Å²) in [5, 5.41) is 8.79. The molecule has 0 saturated heterocycles. The summed E-state index contributed by atoms with van der Waals surface area (Å²) in [5.41, 5.74) is 1.33. The Morgan fingerprint density at radius 2 is 1.90 bits per heavy atom. The topological polar surface area (TPSA) is 20.2 Å². The Balaban J connectivity index is 3.83. The Morgan fingerprint density at radius 1 is 1.40 bits per heavy atom. The summed E-state index contributed by atoms with van der Waals surface area (Å²) in [6.45, 7) is 8.64. The average molecular weight is 142 g/mol. The van der Waals surface area contributed by atoms with Crippen LogP contribution in [0, 0.1) is 11.8 Å². The van der Waals surface area contributed by atoms with Gasteiger partial charge in [0.05, 0.1) is 0 Å². The molecule has 0 spiro atoms. The summed E-state index contributed by atoms with van der Waals surface area (Å²) in [7, 11) is 0. The van der Waals surface area contributed by atoms with Gasteiger partial charge in [0.2, 0.25) is 0 Å². The van der Waals surface area contributed by atoms with E-state index in [-0.39, 0.29) is 6.61 Å². The molecule has 10 heavy (non-hydrogen) atoms. The first-order valence-electron chi connectivity index (χ1n) is 3.83. The van der Waals surface area contributed by atoms with Crippen molar-refractivity contribution in [3.63, 3.8) is 0 Å². The third-order valence-electron chi connectivity index (χ3n) is 1.78. The van der Waals surface area contributed by atoms with Crippen molar-refractivity contribution in [3.8, 4) is 0 Å². The van der Waals surface area contributed by atoms with Crippen LogP contribution >= 0.6 is 0 Å². The summed E-state index contributed by atoms with van der Waals surface area (Å²) in [4.78, 5) is 0. The van der Waals surface area contributed by atoms with E-state index in [1.54, 1.807) is 0 Å². The molecule has 0 saturated carbocycles. The summed E-state index contributed by atoms with van der Waals surface area (Å²) >= 11 is 0. The highest BCUT2D eigenvalue weighted by atomic mass is 16.3. The van der Waals surface area contributed by atoms with E-state index in [0.717, 1.165) is 0 Å². The van der Waals surface area contributed by atoms with Gasteiger partial charge in [-0.25, -0.2) is 0 Å². The molecule has 1 N–H and O–H groups in total. The fourth-order valence-corrected chi connectivity index (χ4v) is 0.856. The molecule has 0 heterocycles. The largest absolute Gasteiger partial charge is 0.396 e. The first kappa shape index (κ1) is 9.70. The van der Waals surface area contributed by atoms with Gasteiger partial charge in [-0.15, -0.1) is 0 Å². The second-order valence-electron chi connectivity index (χ2n) is 3.26. The molecular weight excluding hydrogens is 124 g/mol. The van der Waals surface area contributed by atoms with Gasteiger partial charge in [-0.1, -0.05) is 25.5 Å². The fraction of sp³-hybridized carbons (Fsp3) is 0.778. The van der Waals surface area contributed by atoms with Crippen LogP contribution in [0.2, 0.25) is 0 Å². The quantitative estimate of drug-likeness (QED) is 0.599. The molecule has 0 rings (SSSR count). The Morgan fingerprint density at radius 3 is 2.20 bits per heavy atom. The number of hydrogen-bond donors (Lipinski definition) is 1. The summed E-state index contributed by atoms with van der Waals surface area (Å²) in [5.74, 6) is 0.880. The number of hydrogen-bond acceptors (Lipinski definition) is 1. The second-order valence-corrected chi connectivity index (χ2v) is 3.26. The number of rotatable bonds is 3. The van der Waals surface area contributed by atoms with E-state index in [0.29, 0.717) is 11.8 Å². The highest BCUT2D eigenvalue weighted by Crippen LogP contribution is 2.12. The molecule has 1 nitrogen and oxygen atoms in total. The van der Waals surface area contributed by atoms with Gasteiger partial charge in [0.25, 0.3) is 0 Å². The second kappa shape index (κ2) is 4.51. The van der Waals surface area contributed by atoms with Crippen LogP contribution in [0.25, 0.3) is 0 Å². The van der Waals surface area contributed by atoms with Crippen molar-refractivity contribution in [2.45, 2.75) is 27.7 Å². The zero-order valence-corrected chi connectivity index (χ0v) is 7.39. The number of aliphatic hydroxyl groups is 1. The Bertz CT molecular complexity index is 112. The molecule has 0 aliphatic carbocycles. The van der Waals surface area contributed by atoms with Crippen LogP contribution in [0.15, 0.2) is 11.6 Å². The lowest BCUT2D eigenvalue weighted by Gasteiger charge is -2.13. The SMILES string of the molecule is CC(C)=C[C@H](C)[C@H](C)CO. The molecule has 0 fully saturated rings. The van der Waals surface area contributed by atoms with E-state index in [9.17, 15) is 0 Å². The van der Waals surface area contributed by atoms with Crippen molar-refractivity contribution in [2.24, 2.45) is 11.8 Å². The normalized spacial score (nSPS) is 16.1. The van der Waals surface area contributed by atoms with Crippen LogP contribution in [0.5, 0.6) is 0 Å². The molecular formula is C9H18O. The van der Waals surface area contributed by atoms with Crippen molar-refractivity contribution < 1.29 is 5.11 Å². The van der Waals surface area contributed by atoms with Crippen molar-refractivity contribution in [3.05, 3.63) is 11.6 Å².